The third kappa shape index (κ3) is 5.08. The van der Waals surface area contributed by atoms with Gasteiger partial charge in [0.1, 0.15) is 4.99 Å². The summed E-state index contributed by atoms with van der Waals surface area (Å²) in [6, 6.07) is 7.20. The number of amides is 1. The molecule has 1 fully saturated rings. The zero-order valence-electron chi connectivity index (χ0n) is 12.2. The van der Waals surface area contributed by atoms with Crippen molar-refractivity contribution in [2.24, 2.45) is 5.73 Å². The van der Waals surface area contributed by atoms with Gasteiger partial charge in [0.15, 0.2) is 0 Å². The standard InChI is InChI=1S/C15H21N3O2S/c1-18(9-13-3-2-8-20-13)10-14(19)17-12-6-4-11(5-7-12)15(16)21/h4-7,13H,2-3,8-10H2,1H3,(H2,16,21)(H,17,19). The molecular weight excluding hydrogens is 286 g/mol. The molecule has 21 heavy (non-hydrogen) atoms. The van der Waals surface area contributed by atoms with Crippen LogP contribution < -0.4 is 11.1 Å². The molecule has 6 heteroatoms. The predicted molar refractivity (Wildman–Crippen MR) is 87.4 cm³/mol. The Kier molecular flexibility index (Phi) is 5.67. The molecule has 0 radical (unpaired) electrons. The van der Waals surface area contributed by atoms with Gasteiger partial charge in [-0.2, -0.15) is 0 Å². The maximum absolute atomic E-state index is 12.0. The molecule has 1 aliphatic heterocycles. The van der Waals surface area contributed by atoms with Crippen LogP contribution in [0.3, 0.4) is 0 Å². The molecule has 1 atom stereocenters. The largest absolute Gasteiger partial charge is 0.389 e. The average molecular weight is 307 g/mol. The monoisotopic (exact) mass is 307 g/mol. The van der Waals surface area contributed by atoms with Crippen LogP contribution in [-0.4, -0.2) is 48.6 Å². The summed E-state index contributed by atoms with van der Waals surface area (Å²) in [5.74, 6) is -0.0430. The van der Waals surface area contributed by atoms with E-state index in [1.54, 1.807) is 24.3 Å². The molecule has 0 spiro atoms. The van der Waals surface area contributed by atoms with E-state index in [0.29, 0.717) is 11.5 Å². The number of nitrogens with one attached hydrogen (secondary N) is 1. The molecule has 0 aliphatic carbocycles. The molecule has 0 aromatic heterocycles. The molecule has 5 nitrogen and oxygen atoms in total. The lowest BCUT2D eigenvalue weighted by atomic mass is 10.2. The van der Waals surface area contributed by atoms with E-state index < -0.39 is 0 Å². The van der Waals surface area contributed by atoms with E-state index in [1.165, 1.54) is 0 Å². The van der Waals surface area contributed by atoms with Crippen LogP contribution in [0.1, 0.15) is 18.4 Å². The van der Waals surface area contributed by atoms with E-state index in [1.807, 2.05) is 11.9 Å². The van der Waals surface area contributed by atoms with E-state index in [4.69, 9.17) is 22.7 Å². The Morgan fingerprint density at radius 3 is 2.76 bits per heavy atom. The van der Waals surface area contributed by atoms with Crippen molar-refractivity contribution in [1.29, 1.82) is 0 Å². The Bertz CT molecular complexity index is 498. The summed E-state index contributed by atoms with van der Waals surface area (Å²) >= 11 is 4.89. The fourth-order valence-electron chi connectivity index (χ4n) is 2.36. The first kappa shape index (κ1) is 15.9. The first-order valence-corrected chi connectivity index (χ1v) is 7.45. The van der Waals surface area contributed by atoms with E-state index in [0.717, 1.165) is 37.2 Å². The van der Waals surface area contributed by atoms with Gasteiger partial charge in [0.05, 0.1) is 12.6 Å². The number of anilines is 1. The Hall–Kier alpha value is -1.50. The average Bonchev–Trinajstić information content (AvgIpc) is 2.91. The number of carbonyl (C=O) groups excluding carboxylic acids is 1. The fourth-order valence-corrected chi connectivity index (χ4v) is 2.50. The van der Waals surface area contributed by atoms with Crippen molar-refractivity contribution in [3.8, 4) is 0 Å². The number of nitrogens with two attached hydrogens (primary N) is 1. The third-order valence-electron chi connectivity index (χ3n) is 3.41. The molecule has 1 saturated heterocycles. The number of ether oxygens (including phenoxy) is 1. The van der Waals surface area contributed by atoms with Gasteiger partial charge in [-0.3, -0.25) is 9.69 Å². The molecule has 0 saturated carbocycles. The van der Waals surface area contributed by atoms with Gasteiger partial charge in [0.25, 0.3) is 0 Å². The minimum atomic E-state index is -0.0430. The Morgan fingerprint density at radius 1 is 1.48 bits per heavy atom. The van der Waals surface area contributed by atoms with Gasteiger partial charge >= 0.3 is 0 Å². The van der Waals surface area contributed by atoms with Crippen molar-refractivity contribution in [2.75, 3.05) is 32.1 Å². The molecule has 1 amide bonds. The lowest BCUT2D eigenvalue weighted by molar-refractivity contribution is -0.117. The van der Waals surface area contributed by atoms with Gasteiger partial charge in [-0.25, -0.2) is 0 Å². The van der Waals surface area contributed by atoms with Crippen LogP contribution in [-0.2, 0) is 9.53 Å². The van der Waals surface area contributed by atoms with Crippen LogP contribution in [0, 0.1) is 0 Å². The number of nitrogens with zero attached hydrogens (tertiary/aromatic N) is 1. The lowest BCUT2D eigenvalue weighted by Gasteiger charge is -2.19. The summed E-state index contributed by atoms with van der Waals surface area (Å²) < 4.78 is 5.56. The van der Waals surface area contributed by atoms with Crippen molar-refractivity contribution in [3.63, 3.8) is 0 Å². The predicted octanol–water partition coefficient (Wildman–Crippen LogP) is 1.37. The maximum atomic E-state index is 12.0. The number of hydrogen-bond donors (Lipinski definition) is 2. The number of thiocarbonyl (C=S) groups is 1. The SMILES string of the molecule is CN(CC(=O)Nc1ccc(C(N)=S)cc1)CC1CCCO1. The minimum absolute atomic E-state index is 0.0430. The van der Waals surface area contributed by atoms with Crippen molar-refractivity contribution < 1.29 is 9.53 Å². The summed E-state index contributed by atoms with van der Waals surface area (Å²) in [7, 11) is 1.93. The van der Waals surface area contributed by atoms with Gasteiger partial charge in [-0.05, 0) is 44.2 Å². The number of carbonyl (C=O) groups is 1. The van der Waals surface area contributed by atoms with Crippen molar-refractivity contribution in [3.05, 3.63) is 29.8 Å². The molecule has 2 rings (SSSR count). The number of benzene rings is 1. The minimum Gasteiger partial charge on any atom is -0.389 e. The summed E-state index contributed by atoms with van der Waals surface area (Å²) in [5, 5.41) is 2.86. The number of hydrogen-bond acceptors (Lipinski definition) is 4. The molecule has 1 unspecified atom stereocenters. The summed E-state index contributed by atoms with van der Waals surface area (Å²) in [4.78, 5) is 14.3. The third-order valence-corrected chi connectivity index (χ3v) is 3.64. The first-order valence-electron chi connectivity index (χ1n) is 7.04. The number of rotatable bonds is 6. The molecule has 114 valence electrons. The molecule has 3 N–H and O–H groups in total. The molecule has 1 aromatic carbocycles. The lowest BCUT2D eigenvalue weighted by Crippen LogP contribution is -2.35. The van der Waals surface area contributed by atoms with Crippen LogP contribution in [0.2, 0.25) is 0 Å². The zero-order chi connectivity index (χ0) is 15.2. The maximum Gasteiger partial charge on any atom is 0.238 e. The second kappa shape index (κ2) is 7.49. The van der Waals surface area contributed by atoms with Gasteiger partial charge in [-0.15, -0.1) is 0 Å². The number of likely N-dealkylation sites (N-methyl/N-ethyl adjacent to an activating group) is 1. The Labute approximate surface area is 130 Å². The topological polar surface area (TPSA) is 67.6 Å². The van der Waals surface area contributed by atoms with Crippen LogP contribution in [0.5, 0.6) is 0 Å². The van der Waals surface area contributed by atoms with Gasteiger partial charge in [0.2, 0.25) is 5.91 Å². The second-order valence-corrected chi connectivity index (χ2v) is 5.76. The summed E-state index contributed by atoms with van der Waals surface area (Å²) in [6.07, 6.45) is 2.44. The second-order valence-electron chi connectivity index (χ2n) is 5.32. The molecule has 1 aliphatic rings. The molecular formula is C15H21N3O2S. The van der Waals surface area contributed by atoms with E-state index >= 15 is 0 Å². The highest BCUT2D eigenvalue weighted by molar-refractivity contribution is 7.80. The Morgan fingerprint density at radius 2 is 2.19 bits per heavy atom. The first-order chi connectivity index (χ1) is 10.0. The van der Waals surface area contributed by atoms with Crippen molar-refractivity contribution in [1.82, 2.24) is 4.90 Å². The Balaban J connectivity index is 1.79. The molecule has 1 heterocycles. The van der Waals surface area contributed by atoms with E-state index in [9.17, 15) is 4.79 Å². The zero-order valence-corrected chi connectivity index (χ0v) is 13.0. The quantitative estimate of drug-likeness (QED) is 0.777. The van der Waals surface area contributed by atoms with Gasteiger partial charge in [0, 0.05) is 24.4 Å². The van der Waals surface area contributed by atoms with Crippen molar-refractivity contribution >= 4 is 28.8 Å². The van der Waals surface area contributed by atoms with Crippen LogP contribution in [0.25, 0.3) is 0 Å². The van der Waals surface area contributed by atoms with Crippen LogP contribution in [0.4, 0.5) is 5.69 Å². The molecule has 1 aromatic rings. The highest BCUT2D eigenvalue weighted by Gasteiger charge is 2.18. The van der Waals surface area contributed by atoms with Crippen LogP contribution in [0.15, 0.2) is 24.3 Å². The summed E-state index contributed by atoms with van der Waals surface area (Å²) in [5.41, 5.74) is 7.07. The van der Waals surface area contributed by atoms with E-state index in [2.05, 4.69) is 5.32 Å². The fraction of sp³-hybridized carbons (Fsp3) is 0.467. The highest BCUT2D eigenvalue weighted by Crippen LogP contribution is 2.13. The van der Waals surface area contributed by atoms with Crippen molar-refractivity contribution in [2.45, 2.75) is 18.9 Å². The van der Waals surface area contributed by atoms with Gasteiger partial charge < -0.3 is 15.8 Å². The van der Waals surface area contributed by atoms with E-state index in [-0.39, 0.29) is 12.0 Å². The van der Waals surface area contributed by atoms with Gasteiger partial charge in [-0.1, -0.05) is 12.2 Å². The smallest absolute Gasteiger partial charge is 0.238 e. The highest BCUT2D eigenvalue weighted by atomic mass is 32.1. The summed E-state index contributed by atoms with van der Waals surface area (Å²) in [6.45, 7) is 1.96. The van der Waals surface area contributed by atoms with Crippen LogP contribution >= 0.6 is 12.2 Å². The molecule has 0 bridgehead atoms. The normalized spacial score (nSPS) is 17.9.